The summed E-state index contributed by atoms with van der Waals surface area (Å²) < 4.78 is 0. The van der Waals surface area contributed by atoms with Gasteiger partial charge in [0.15, 0.2) is 6.04 Å². The molecule has 5 nitrogen and oxygen atoms in total. The molecule has 1 aromatic heterocycles. The van der Waals surface area contributed by atoms with Crippen molar-refractivity contribution in [1.82, 2.24) is 5.32 Å². The van der Waals surface area contributed by atoms with Gasteiger partial charge in [-0.2, -0.15) is 11.3 Å². The minimum atomic E-state index is -1.26. The first-order valence-electron chi connectivity index (χ1n) is 4.72. The molecule has 0 aromatic carbocycles. The molecule has 1 rings (SSSR count). The molecule has 0 radical (unpaired) electrons. The third kappa shape index (κ3) is 3.63. The van der Waals surface area contributed by atoms with Crippen molar-refractivity contribution in [3.63, 3.8) is 0 Å². The van der Waals surface area contributed by atoms with E-state index in [1.54, 1.807) is 6.07 Å². The van der Waals surface area contributed by atoms with E-state index in [1.165, 1.54) is 18.3 Å². The maximum Gasteiger partial charge on any atom is 0.328 e. The number of rotatable bonds is 5. The first-order valence-corrected chi connectivity index (χ1v) is 5.66. The van der Waals surface area contributed by atoms with E-state index in [0.717, 1.165) is 5.56 Å². The van der Waals surface area contributed by atoms with Crippen molar-refractivity contribution in [1.29, 1.82) is 0 Å². The maximum absolute atomic E-state index is 11.4. The van der Waals surface area contributed by atoms with E-state index in [-0.39, 0.29) is 6.42 Å². The molecule has 0 bridgehead atoms. The van der Waals surface area contributed by atoms with Crippen molar-refractivity contribution in [2.45, 2.75) is 25.5 Å². The number of nitrogens with one attached hydrogen (secondary N) is 1. The van der Waals surface area contributed by atoms with Crippen LogP contribution < -0.4 is 5.32 Å². The molecule has 0 aliphatic carbocycles. The Morgan fingerprint density at radius 2 is 2.25 bits per heavy atom. The summed E-state index contributed by atoms with van der Waals surface area (Å²) in [7, 11) is 0. The molecule has 2 unspecified atom stereocenters. The molecule has 2 atom stereocenters. The fraction of sp³-hybridized carbons (Fsp3) is 0.400. The summed E-state index contributed by atoms with van der Waals surface area (Å²) in [6.07, 6.45) is -0.996. The summed E-state index contributed by atoms with van der Waals surface area (Å²) in [6.45, 7) is 1.32. The average Bonchev–Trinajstić information content (AvgIpc) is 2.65. The number of aliphatic carboxylic acids is 1. The maximum atomic E-state index is 11.4. The summed E-state index contributed by atoms with van der Waals surface area (Å²) in [5.41, 5.74) is 0.831. The van der Waals surface area contributed by atoms with E-state index in [9.17, 15) is 9.59 Å². The summed E-state index contributed by atoms with van der Waals surface area (Å²) in [4.78, 5) is 22.2. The van der Waals surface area contributed by atoms with Crippen molar-refractivity contribution < 1.29 is 19.8 Å². The van der Waals surface area contributed by atoms with Gasteiger partial charge in [0.1, 0.15) is 0 Å². The van der Waals surface area contributed by atoms with Gasteiger partial charge in [-0.15, -0.1) is 0 Å². The number of carboxylic acid groups (broad SMARTS) is 1. The summed E-state index contributed by atoms with van der Waals surface area (Å²) in [6, 6.07) is 0.536. The predicted molar refractivity (Wildman–Crippen MR) is 59.3 cm³/mol. The van der Waals surface area contributed by atoms with Gasteiger partial charge in [-0.3, -0.25) is 4.79 Å². The van der Waals surface area contributed by atoms with E-state index in [4.69, 9.17) is 10.2 Å². The zero-order chi connectivity index (χ0) is 12.1. The van der Waals surface area contributed by atoms with E-state index < -0.39 is 24.0 Å². The van der Waals surface area contributed by atoms with Crippen LogP contribution in [0.5, 0.6) is 0 Å². The van der Waals surface area contributed by atoms with Gasteiger partial charge in [0, 0.05) is 0 Å². The Morgan fingerprint density at radius 1 is 1.56 bits per heavy atom. The largest absolute Gasteiger partial charge is 0.480 e. The minimum Gasteiger partial charge on any atom is -0.480 e. The van der Waals surface area contributed by atoms with Gasteiger partial charge >= 0.3 is 5.97 Å². The van der Waals surface area contributed by atoms with Gasteiger partial charge in [-0.05, 0) is 29.3 Å². The molecule has 88 valence electrons. The molecule has 0 aliphatic rings. The second-order valence-corrected chi connectivity index (χ2v) is 4.21. The molecule has 1 amide bonds. The van der Waals surface area contributed by atoms with Crippen molar-refractivity contribution in [3.8, 4) is 0 Å². The van der Waals surface area contributed by atoms with Gasteiger partial charge in [0.25, 0.3) is 0 Å². The Labute approximate surface area is 96.7 Å². The SMILES string of the molecule is CC(O)C(NC(=O)Cc1ccsc1)C(=O)O. The van der Waals surface area contributed by atoms with E-state index in [1.807, 2.05) is 10.8 Å². The van der Waals surface area contributed by atoms with Gasteiger partial charge in [0.05, 0.1) is 12.5 Å². The molecule has 1 aromatic rings. The van der Waals surface area contributed by atoms with Gasteiger partial charge in [-0.25, -0.2) is 4.79 Å². The molecule has 0 saturated heterocycles. The first kappa shape index (κ1) is 12.7. The van der Waals surface area contributed by atoms with Crippen LogP contribution >= 0.6 is 11.3 Å². The minimum absolute atomic E-state index is 0.125. The number of hydrogen-bond acceptors (Lipinski definition) is 4. The number of aliphatic hydroxyl groups excluding tert-OH is 1. The summed E-state index contributed by atoms with van der Waals surface area (Å²) >= 11 is 1.47. The molecule has 0 aliphatic heterocycles. The lowest BCUT2D eigenvalue weighted by molar-refractivity contribution is -0.144. The smallest absolute Gasteiger partial charge is 0.328 e. The normalized spacial score (nSPS) is 14.1. The lowest BCUT2D eigenvalue weighted by atomic mass is 10.1. The topological polar surface area (TPSA) is 86.6 Å². The number of carbonyl (C=O) groups is 2. The Hall–Kier alpha value is -1.40. The van der Waals surface area contributed by atoms with Crippen LogP contribution in [0, 0.1) is 0 Å². The number of amides is 1. The number of thiophene rings is 1. The highest BCUT2D eigenvalue weighted by molar-refractivity contribution is 7.07. The molecule has 6 heteroatoms. The lowest BCUT2D eigenvalue weighted by Gasteiger charge is -2.16. The van der Waals surface area contributed by atoms with Gasteiger partial charge in [-0.1, -0.05) is 0 Å². The zero-order valence-electron chi connectivity index (χ0n) is 8.71. The molecule has 16 heavy (non-hydrogen) atoms. The second-order valence-electron chi connectivity index (χ2n) is 3.43. The van der Waals surface area contributed by atoms with Crippen molar-refractivity contribution in [3.05, 3.63) is 22.4 Å². The molecule has 3 N–H and O–H groups in total. The molecular formula is C10H13NO4S. The Balaban J connectivity index is 2.52. The third-order valence-electron chi connectivity index (χ3n) is 2.01. The highest BCUT2D eigenvalue weighted by atomic mass is 32.1. The first-order chi connectivity index (χ1) is 7.50. The molecule has 0 spiro atoms. The van der Waals surface area contributed by atoms with E-state index >= 15 is 0 Å². The quantitative estimate of drug-likeness (QED) is 0.691. The zero-order valence-corrected chi connectivity index (χ0v) is 9.53. The van der Waals surface area contributed by atoms with Crippen LogP contribution in [0.1, 0.15) is 12.5 Å². The number of hydrogen-bond donors (Lipinski definition) is 3. The number of aliphatic hydroxyl groups is 1. The molecule has 0 fully saturated rings. The van der Waals surface area contributed by atoms with Gasteiger partial charge in [0.2, 0.25) is 5.91 Å². The summed E-state index contributed by atoms with van der Waals surface area (Å²) in [5, 5.41) is 23.8. The van der Waals surface area contributed by atoms with Crippen LogP contribution in [0.3, 0.4) is 0 Å². The fourth-order valence-corrected chi connectivity index (χ4v) is 1.86. The number of carboxylic acids is 1. The molecule has 0 saturated carbocycles. The standard InChI is InChI=1S/C10H13NO4S/c1-6(12)9(10(14)15)11-8(13)4-7-2-3-16-5-7/h2-3,5-6,9,12H,4H2,1H3,(H,11,13)(H,14,15). The van der Waals surface area contributed by atoms with Crippen molar-refractivity contribution >= 4 is 23.2 Å². The highest BCUT2D eigenvalue weighted by Gasteiger charge is 2.24. The van der Waals surface area contributed by atoms with E-state index in [0.29, 0.717) is 0 Å². The van der Waals surface area contributed by atoms with Gasteiger partial charge < -0.3 is 15.5 Å². The Morgan fingerprint density at radius 3 is 2.69 bits per heavy atom. The van der Waals surface area contributed by atoms with Crippen molar-refractivity contribution in [2.75, 3.05) is 0 Å². The van der Waals surface area contributed by atoms with Crippen LogP contribution in [-0.2, 0) is 16.0 Å². The van der Waals surface area contributed by atoms with Crippen LogP contribution in [0.2, 0.25) is 0 Å². The summed E-state index contributed by atoms with van der Waals surface area (Å²) in [5.74, 6) is -1.65. The second kappa shape index (κ2) is 5.62. The van der Waals surface area contributed by atoms with Crippen LogP contribution in [0.4, 0.5) is 0 Å². The number of carbonyl (C=O) groups excluding carboxylic acids is 1. The van der Waals surface area contributed by atoms with Crippen molar-refractivity contribution in [2.24, 2.45) is 0 Å². The molecular weight excluding hydrogens is 230 g/mol. The third-order valence-corrected chi connectivity index (χ3v) is 2.74. The average molecular weight is 243 g/mol. The highest BCUT2D eigenvalue weighted by Crippen LogP contribution is 2.06. The lowest BCUT2D eigenvalue weighted by Crippen LogP contribution is -2.48. The van der Waals surface area contributed by atoms with E-state index in [2.05, 4.69) is 5.32 Å². The van der Waals surface area contributed by atoms with Crippen LogP contribution in [-0.4, -0.2) is 34.2 Å². The van der Waals surface area contributed by atoms with Crippen LogP contribution in [0.25, 0.3) is 0 Å². The monoisotopic (exact) mass is 243 g/mol. The molecule has 1 heterocycles. The predicted octanol–water partition coefficient (Wildman–Crippen LogP) is 0.241. The van der Waals surface area contributed by atoms with Crippen LogP contribution in [0.15, 0.2) is 16.8 Å². The Kier molecular flexibility index (Phi) is 4.45. The fourth-order valence-electron chi connectivity index (χ4n) is 1.19. The Bertz CT molecular complexity index is 361.